The molecule has 1 fully saturated rings. The summed E-state index contributed by atoms with van der Waals surface area (Å²) >= 11 is 0. The van der Waals surface area contributed by atoms with E-state index in [1.807, 2.05) is 62.4 Å². The number of nitrogens with zero attached hydrogens (tertiary/aromatic N) is 1. The Morgan fingerprint density at radius 1 is 1.07 bits per heavy atom. The van der Waals surface area contributed by atoms with Gasteiger partial charge in [0.1, 0.15) is 0 Å². The zero-order valence-corrected chi connectivity index (χ0v) is 16.0. The van der Waals surface area contributed by atoms with Gasteiger partial charge in [-0.2, -0.15) is 0 Å². The normalized spacial score (nSPS) is 13.4. The van der Waals surface area contributed by atoms with Crippen LogP contribution in [0.3, 0.4) is 0 Å². The first-order valence-corrected chi connectivity index (χ1v) is 9.45. The molecular weight excluding hydrogens is 352 g/mol. The summed E-state index contributed by atoms with van der Waals surface area (Å²) in [5.74, 6) is -0.447. The lowest BCUT2D eigenvalue weighted by Crippen LogP contribution is -2.21. The first-order valence-electron chi connectivity index (χ1n) is 9.45. The molecular formula is C23H22N2O3. The summed E-state index contributed by atoms with van der Waals surface area (Å²) in [4.78, 5) is 29.5. The fourth-order valence-corrected chi connectivity index (χ4v) is 3.18. The zero-order chi connectivity index (χ0) is 19.7. The highest BCUT2D eigenvalue weighted by molar-refractivity contribution is 6.04. The SMILES string of the molecule is Cc1ccc(NC(=O)COC(=O)c2cc(C3CC3)nc3ccccc23)cc1C. The number of aryl methyl sites for hydroxylation is 2. The summed E-state index contributed by atoms with van der Waals surface area (Å²) < 4.78 is 5.30. The summed E-state index contributed by atoms with van der Waals surface area (Å²) in [5, 5.41) is 3.51. The molecule has 1 saturated carbocycles. The Hall–Kier alpha value is -3.21. The maximum absolute atomic E-state index is 12.7. The van der Waals surface area contributed by atoms with Crippen LogP contribution in [0.2, 0.25) is 0 Å². The molecule has 0 radical (unpaired) electrons. The molecule has 1 aliphatic rings. The predicted octanol–water partition coefficient (Wildman–Crippen LogP) is 4.52. The van der Waals surface area contributed by atoms with Crippen molar-refractivity contribution in [2.45, 2.75) is 32.6 Å². The molecule has 2 aromatic carbocycles. The molecule has 4 rings (SSSR count). The maximum atomic E-state index is 12.7. The van der Waals surface area contributed by atoms with E-state index in [1.54, 1.807) is 0 Å². The summed E-state index contributed by atoms with van der Waals surface area (Å²) in [6.07, 6.45) is 2.19. The molecule has 0 unspecified atom stereocenters. The van der Waals surface area contributed by atoms with Crippen LogP contribution < -0.4 is 5.32 Å². The van der Waals surface area contributed by atoms with Gasteiger partial charge in [0.25, 0.3) is 5.91 Å². The standard InChI is InChI=1S/C23H22N2O3/c1-14-7-10-17(11-15(14)2)24-22(26)13-28-23(27)19-12-21(16-8-9-16)25-20-6-4-3-5-18(19)20/h3-7,10-12,16H,8-9,13H2,1-2H3,(H,24,26). The number of nitrogens with one attached hydrogen (secondary N) is 1. The molecule has 0 bridgehead atoms. The molecule has 0 saturated heterocycles. The lowest BCUT2D eigenvalue weighted by atomic mass is 10.1. The van der Waals surface area contributed by atoms with Crippen LogP contribution in [0.15, 0.2) is 48.5 Å². The van der Waals surface area contributed by atoms with Crippen molar-refractivity contribution in [2.24, 2.45) is 0 Å². The first-order chi connectivity index (χ1) is 13.5. The highest BCUT2D eigenvalue weighted by Gasteiger charge is 2.27. The van der Waals surface area contributed by atoms with Crippen LogP contribution in [-0.4, -0.2) is 23.5 Å². The number of carbonyl (C=O) groups excluding carboxylic acids is 2. The molecule has 1 aliphatic carbocycles. The molecule has 28 heavy (non-hydrogen) atoms. The van der Waals surface area contributed by atoms with E-state index < -0.39 is 5.97 Å². The van der Waals surface area contributed by atoms with Crippen LogP contribution in [0.4, 0.5) is 5.69 Å². The molecule has 3 aromatic rings. The summed E-state index contributed by atoms with van der Waals surface area (Å²) in [6, 6.07) is 15.0. The van der Waals surface area contributed by atoms with Gasteiger partial charge in [-0.3, -0.25) is 9.78 Å². The van der Waals surface area contributed by atoms with Crippen molar-refractivity contribution < 1.29 is 14.3 Å². The van der Waals surface area contributed by atoms with Gasteiger partial charge in [0, 0.05) is 22.7 Å². The van der Waals surface area contributed by atoms with Gasteiger partial charge in [0.05, 0.1) is 11.1 Å². The molecule has 5 nitrogen and oxygen atoms in total. The fourth-order valence-electron chi connectivity index (χ4n) is 3.18. The van der Waals surface area contributed by atoms with E-state index >= 15 is 0 Å². The number of pyridine rings is 1. The van der Waals surface area contributed by atoms with E-state index in [2.05, 4.69) is 10.3 Å². The minimum absolute atomic E-state index is 0.332. The first kappa shape index (κ1) is 18.2. The van der Waals surface area contributed by atoms with Crippen LogP contribution in [0.5, 0.6) is 0 Å². The summed E-state index contributed by atoms with van der Waals surface area (Å²) in [6.45, 7) is 3.66. The van der Waals surface area contributed by atoms with Crippen LogP contribution in [-0.2, 0) is 9.53 Å². The van der Waals surface area contributed by atoms with Gasteiger partial charge < -0.3 is 10.1 Å². The lowest BCUT2D eigenvalue weighted by Gasteiger charge is -2.10. The number of para-hydroxylation sites is 1. The van der Waals surface area contributed by atoms with Crippen molar-refractivity contribution in [1.82, 2.24) is 4.98 Å². The van der Waals surface area contributed by atoms with Gasteiger partial charge in [-0.15, -0.1) is 0 Å². The number of fused-ring (bicyclic) bond motifs is 1. The number of hydrogen-bond acceptors (Lipinski definition) is 4. The smallest absolute Gasteiger partial charge is 0.339 e. The minimum atomic E-state index is -0.504. The Kier molecular flexibility index (Phi) is 4.82. The lowest BCUT2D eigenvalue weighted by molar-refractivity contribution is -0.119. The number of esters is 1. The average Bonchev–Trinajstić information content (AvgIpc) is 3.53. The monoisotopic (exact) mass is 374 g/mol. The number of ether oxygens (including phenoxy) is 1. The Morgan fingerprint density at radius 3 is 2.61 bits per heavy atom. The van der Waals surface area contributed by atoms with Crippen molar-refractivity contribution in [1.29, 1.82) is 0 Å². The second-order valence-electron chi connectivity index (χ2n) is 7.31. The summed E-state index contributed by atoms with van der Waals surface area (Å²) in [5.41, 5.74) is 5.09. The van der Waals surface area contributed by atoms with Crippen molar-refractivity contribution in [2.75, 3.05) is 11.9 Å². The highest BCUT2D eigenvalue weighted by atomic mass is 16.5. The topological polar surface area (TPSA) is 68.3 Å². The van der Waals surface area contributed by atoms with Crippen LogP contribution >= 0.6 is 0 Å². The number of rotatable bonds is 5. The third-order valence-electron chi connectivity index (χ3n) is 5.08. The zero-order valence-electron chi connectivity index (χ0n) is 16.0. The van der Waals surface area contributed by atoms with Crippen LogP contribution in [0, 0.1) is 13.8 Å². The van der Waals surface area contributed by atoms with Crippen molar-refractivity contribution in [3.8, 4) is 0 Å². The Bertz CT molecular complexity index is 1070. The largest absolute Gasteiger partial charge is 0.452 e. The highest BCUT2D eigenvalue weighted by Crippen LogP contribution is 2.40. The second kappa shape index (κ2) is 7.43. The molecule has 1 aromatic heterocycles. The van der Waals surface area contributed by atoms with Crippen LogP contribution in [0.25, 0.3) is 10.9 Å². The van der Waals surface area contributed by atoms with E-state index in [-0.39, 0.29) is 12.5 Å². The number of anilines is 1. The predicted molar refractivity (Wildman–Crippen MR) is 109 cm³/mol. The molecule has 142 valence electrons. The molecule has 0 aliphatic heterocycles. The van der Waals surface area contributed by atoms with E-state index in [4.69, 9.17) is 4.74 Å². The molecule has 1 N–H and O–H groups in total. The third-order valence-corrected chi connectivity index (χ3v) is 5.08. The van der Waals surface area contributed by atoms with Gasteiger partial charge >= 0.3 is 5.97 Å². The maximum Gasteiger partial charge on any atom is 0.339 e. The number of benzene rings is 2. The van der Waals surface area contributed by atoms with Gasteiger partial charge in [-0.1, -0.05) is 24.3 Å². The van der Waals surface area contributed by atoms with E-state index in [9.17, 15) is 9.59 Å². The van der Waals surface area contributed by atoms with Gasteiger partial charge in [0.2, 0.25) is 0 Å². The van der Waals surface area contributed by atoms with Gasteiger partial charge in [-0.25, -0.2) is 4.79 Å². The third kappa shape index (κ3) is 3.88. The van der Waals surface area contributed by atoms with Crippen LogP contribution in [0.1, 0.15) is 45.9 Å². The van der Waals surface area contributed by atoms with Crippen molar-refractivity contribution in [3.05, 3.63) is 70.9 Å². The Labute approximate surface area is 163 Å². The fraction of sp³-hybridized carbons (Fsp3) is 0.261. The number of carbonyl (C=O) groups is 2. The van der Waals surface area contributed by atoms with Gasteiger partial charge in [-0.05, 0) is 62.1 Å². The quantitative estimate of drug-likeness (QED) is 0.667. The Balaban J connectivity index is 1.47. The molecule has 0 spiro atoms. The van der Waals surface area contributed by atoms with Crippen molar-refractivity contribution >= 4 is 28.5 Å². The average molecular weight is 374 g/mol. The molecule has 1 amide bonds. The van der Waals surface area contributed by atoms with Gasteiger partial charge in [0.15, 0.2) is 6.61 Å². The molecule has 5 heteroatoms. The molecule has 1 heterocycles. The van der Waals surface area contributed by atoms with Crippen molar-refractivity contribution in [3.63, 3.8) is 0 Å². The van der Waals surface area contributed by atoms with E-state index in [0.717, 1.165) is 40.6 Å². The number of aromatic nitrogens is 1. The molecule has 0 atom stereocenters. The summed E-state index contributed by atoms with van der Waals surface area (Å²) in [7, 11) is 0. The number of amides is 1. The van der Waals surface area contributed by atoms with E-state index in [0.29, 0.717) is 17.2 Å². The minimum Gasteiger partial charge on any atom is -0.452 e. The second-order valence-corrected chi connectivity index (χ2v) is 7.31. The number of hydrogen-bond donors (Lipinski definition) is 1. The van der Waals surface area contributed by atoms with E-state index in [1.165, 1.54) is 0 Å². The Morgan fingerprint density at radius 2 is 1.86 bits per heavy atom.